The highest BCUT2D eigenvalue weighted by Crippen LogP contribution is 2.17. The van der Waals surface area contributed by atoms with Crippen LogP contribution in [0.4, 0.5) is 4.39 Å². The van der Waals surface area contributed by atoms with Gasteiger partial charge in [0.1, 0.15) is 5.82 Å². The first kappa shape index (κ1) is 14.8. The minimum atomic E-state index is -0.393. The summed E-state index contributed by atoms with van der Waals surface area (Å²) in [7, 11) is 0. The van der Waals surface area contributed by atoms with Gasteiger partial charge in [0.2, 0.25) is 0 Å². The molecule has 0 aliphatic carbocycles. The maximum atomic E-state index is 13.5. The molecule has 0 spiro atoms. The first-order valence-corrected chi connectivity index (χ1v) is 7.32. The molecular weight excluding hydrogens is 287 g/mol. The quantitative estimate of drug-likeness (QED) is 0.868. The monoisotopic (exact) mass is 304 g/mol. The summed E-state index contributed by atoms with van der Waals surface area (Å²) in [5.41, 5.74) is 0.385. The van der Waals surface area contributed by atoms with E-state index in [2.05, 4.69) is 4.98 Å². The van der Waals surface area contributed by atoms with Gasteiger partial charge in [0.25, 0.3) is 5.56 Å². The molecule has 2 heterocycles. The van der Waals surface area contributed by atoms with E-state index in [-0.39, 0.29) is 23.8 Å². The van der Waals surface area contributed by atoms with Crippen LogP contribution in [0.15, 0.2) is 23.3 Å². The summed E-state index contributed by atoms with van der Waals surface area (Å²) in [6.07, 6.45) is 2.70. The van der Waals surface area contributed by atoms with E-state index < -0.39 is 5.82 Å². The summed E-state index contributed by atoms with van der Waals surface area (Å²) in [4.78, 5) is 28.8. The average molecular weight is 304 g/mol. The van der Waals surface area contributed by atoms with Crippen LogP contribution < -0.4 is 5.56 Å². The topological polar surface area (TPSA) is 61.2 Å². The van der Waals surface area contributed by atoms with E-state index >= 15 is 0 Å². The number of hydrogen-bond acceptors (Lipinski definition) is 4. The fraction of sp³-hybridized carbons (Fsp3) is 0.438. The fourth-order valence-electron chi connectivity index (χ4n) is 2.72. The van der Waals surface area contributed by atoms with Crippen molar-refractivity contribution in [1.82, 2.24) is 9.55 Å². The first-order chi connectivity index (χ1) is 10.6. The van der Waals surface area contributed by atoms with Gasteiger partial charge in [0, 0.05) is 25.2 Å². The number of aromatic nitrogens is 2. The van der Waals surface area contributed by atoms with E-state index in [0.717, 1.165) is 0 Å². The second kappa shape index (κ2) is 5.96. The molecule has 6 heteroatoms. The predicted molar refractivity (Wildman–Crippen MR) is 79.2 cm³/mol. The number of carbonyl (C=O) groups excluding carboxylic acids is 1. The number of rotatable bonds is 3. The highest BCUT2D eigenvalue weighted by atomic mass is 19.1. The number of hydrogen-bond donors (Lipinski definition) is 0. The van der Waals surface area contributed by atoms with Crippen LogP contribution in [0.25, 0.3) is 10.9 Å². The van der Waals surface area contributed by atoms with Gasteiger partial charge in [-0.2, -0.15) is 0 Å². The van der Waals surface area contributed by atoms with Crippen molar-refractivity contribution in [3.63, 3.8) is 0 Å². The summed E-state index contributed by atoms with van der Waals surface area (Å²) in [5, 5.41) is 0.334. The molecule has 116 valence electrons. The number of fused-ring (bicyclic) bond motifs is 1. The van der Waals surface area contributed by atoms with E-state index in [9.17, 15) is 14.0 Å². The third-order valence-corrected chi connectivity index (χ3v) is 4.11. The zero-order valence-electron chi connectivity index (χ0n) is 12.3. The number of benzene rings is 1. The number of ether oxygens (including phenoxy) is 1. The number of aryl methyl sites for hydroxylation is 1. The van der Waals surface area contributed by atoms with Gasteiger partial charge >= 0.3 is 0 Å². The largest absolute Gasteiger partial charge is 0.381 e. The SMILES string of the molecule is Cc1cc2c(=O)n(CC(=O)C3CCOCC3)cnc2cc1F. The molecule has 0 atom stereocenters. The molecular formula is C16H17FN2O3. The predicted octanol–water partition coefficient (Wildman–Crippen LogP) is 1.84. The molecule has 1 aromatic heterocycles. The van der Waals surface area contributed by atoms with Gasteiger partial charge in [0.05, 0.1) is 23.8 Å². The molecule has 1 aliphatic rings. The Morgan fingerprint density at radius 2 is 2.14 bits per heavy atom. The van der Waals surface area contributed by atoms with Crippen molar-refractivity contribution in [3.05, 3.63) is 40.2 Å². The van der Waals surface area contributed by atoms with Crippen molar-refractivity contribution in [2.45, 2.75) is 26.3 Å². The van der Waals surface area contributed by atoms with Crippen LogP contribution in [0, 0.1) is 18.7 Å². The summed E-state index contributed by atoms with van der Waals surface area (Å²) >= 11 is 0. The molecule has 1 saturated heterocycles. The van der Waals surface area contributed by atoms with Crippen LogP contribution in [0.3, 0.4) is 0 Å². The lowest BCUT2D eigenvalue weighted by Gasteiger charge is -2.21. The van der Waals surface area contributed by atoms with Crippen molar-refractivity contribution in [1.29, 1.82) is 0 Å². The molecule has 1 fully saturated rings. The lowest BCUT2D eigenvalue weighted by molar-refractivity contribution is -0.126. The molecule has 1 aliphatic heterocycles. The van der Waals surface area contributed by atoms with Crippen molar-refractivity contribution in [2.75, 3.05) is 13.2 Å². The van der Waals surface area contributed by atoms with Gasteiger partial charge in [-0.3, -0.25) is 14.2 Å². The minimum Gasteiger partial charge on any atom is -0.381 e. The highest BCUT2D eigenvalue weighted by molar-refractivity contribution is 5.82. The smallest absolute Gasteiger partial charge is 0.261 e. The van der Waals surface area contributed by atoms with Crippen LogP contribution >= 0.6 is 0 Å². The van der Waals surface area contributed by atoms with Gasteiger partial charge in [-0.05, 0) is 31.4 Å². The van der Waals surface area contributed by atoms with Gasteiger partial charge < -0.3 is 4.74 Å². The summed E-state index contributed by atoms with van der Waals surface area (Å²) < 4.78 is 20.1. The van der Waals surface area contributed by atoms with E-state index in [1.807, 2.05) is 0 Å². The zero-order valence-corrected chi connectivity index (χ0v) is 12.3. The third-order valence-electron chi connectivity index (χ3n) is 4.11. The maximum Gasteiger partial charge on any atom is 0.261 e. The van der Waals surface area contributed by atoms with Crippen LogP contribution in [0.1, 0.15) is 18.4 Å². The zero-order chi connectivity index (χ0) is 15.7. The Balaban J connectivity index is 1.91. The maximum absolute atomic E-state index is 13.5. The second-order valence-electron chi connectivity index (χ2n) is 5.65. The average Bonchev–Trinajstić information content (AvgIpc) is 2.53. The molecule has 22 heavy (non-hydrogen) atoms. The standard InChI is InChI=1S/C16H17FN2O3/c1-10-6-12-14(7-13(10)17)18-9-19(16(12)21)8-15(20)11-2-4-22-5-3-11/h6-7,9,11H,2-5,8H2,1H3. The van der Waals surface area contributed by atoms with Crippen LogP contribution in [-0.2, 0) is 16.1 Å². The Bertz CT molecular complexity index is 779. The normalized spacial score (nSPS) is 16.1. The van der Waals surface area contributed by atoms with Crippen molar-refractivity contribution >= 4 is 16.7 Å². The Morgan fingerprint density at radius 1 is 1.41 bits per heavy atom. The molecule has 1 aromatic carbocycles. The molecule has 0 radical (unpaired) electrons. The number of carbonyl (C=O) groups is 1. The lowest BCUT2D eigenvalue weighted by Crippen LogP contribution is -2.31. The molecule has 3 rings (SSSR count). The second-order valence-corrected chi connectivity index (χ2v) is 5.65. The van der Waals surface area contributed by atoms with E-state index in [1.54, 1.807) is 6.92 Å². The lowest BCUT2D eigenvalue weighted by atomic mass is 9.95. The highest BCUT2D eigenvalue weighted by Gasteiger charge is 2.22. The number of ketones is 1. The molecule has 2 aromatic rings. The molecule has 0 unspecified atom stereocenters. The molecule has 5 nitrogen and oxygen atoms in total. The minimum absolute atomic E-state index is 0.00284. The summed E-state index contributed by atoms with van der Waals surface area (Å²) in [5.74, 6) is -0.438. The Labute approximate surface area is 126 Å². The molecule has 0 saturated carbocycles. The summed E-state index contributed by atoms with van der Waals surface area (Å²) in [6, 6.07) is 2.73. The number of Topliss-reactive ketones (excluding diaryl/α,β-unsaturated/α-hetero) is 1. The van der Waals surface area contributed by atoms with E-state index in [4.69, 9.17) is 4.74 Å². The van der Waals surface area contributed by atoms with Gasteiger partial charge in [-0.15, -0.1) is 0 Å². The fourth-order valence-corrected chi connectivity index (χ4v) is 2.72. The number of halogens is 1. The Kier molecular flexibility index (Phi) is 4.02. The molecule has 0 amide bonds. The van der Waals surface area contributed by atoms with Crippen LogP contribution in [0.2, 0.25) is 0 Å². The molecule has 0 N–H and O–H groups in total. The van der Waals surface area contributed by atoms with Crippen molar-refractivity contribution in [2.24, 2.45) is 5.92 Å². The molecule has 0 bridgehead atoms. The summed E-state index contributed by atoms with van der Waals surface area (Å²) in [6.45, 7) is 2.76. The number of nitrogens with zero attached hydrogens (tertiary/aromatic N) is 2. The third kappa shape index (κ3) is 2.78. The first-order valence-electron chi connectivity index (χ1n) is 7.32. The van der Waals surface area contributed by atoms with Gasteiger partial charge in [0.15, 0.2) is 5.78 Å². The van der Waals surface area contributed by atoms with Crippen LogP contribution in [0.5, 0.6) is 0 Å². The van der Waals surface area contributed by atoms with Gasteiger partial charge in [-0.25, -0.2) is 9.37 Å². The Hall–Kier alpha value is -2.08. The van der Waals surface area contributed by atoms with Crippen molar-refractivity contribution < 1.29 is 13.9 Å². The van der Waals surface area contributed by atoms with Crippen molar-refractivity contribution in [3.8, 4) is 0 Å². The Morgan fingerprint density at radius 3 is 2.86 bits per heavy atom. The van der Waals surface area contributed by atoms with Gasteiger partial charge in [-0.1, -0.05) is 0 Å². The van der Waals surface area contributed by atoms with E-state index in [0.29, 0.717) is 42.5 Å². The van der Waals surface area contributed by atoms with E-state index in [1.165, 1.54) is 23.0 Å². The van der Waals surface area contributed by atoms with Crippen LogP contribution in [-0.4, -0.2) is 28.5 Å².